The monoisotopic (exact) mass is 241 g/mol. The number of nitrogen functional groups attached to an aromatic ring is 1. The standard InChI is InChI=1S/C12H7F4N/c13-8-3-1-2-6(12(8)16)7-4-9(14)10(15)5-11(7)17/h1-5H,17H2. The lowest BCUT2D eigenvalue weighted by molar-refractivity contribution is 0.506. The second kappa shape index (κ2) is 4.08. The van der Waals surface area contributed by atoms with Gasteiger partial charge in [0, 0.05) is 22.9 Å². The summed E-state index contributed by atoms with van der Waals surface area (Å²) in [6.45, 7) is 0. The molecule has 0 atom stereocenters. The van der Waals surface area contributed by atoms with Crippen LogP contribution in [0.4, 0.5) is 23.2 Å². The lowest BCUT2D eigenvalue weighted by Gasteiger charge is -2.08. The molecule has 0 bridgehead atoms. The summed E-state index contributed by atoms with van der Waals surface area (Å²) in [5.41, 5.74) is 5.00. The summed E-state index contributed by atoms with van der Waals surface area (Å²) >= 11 is 0. The van der Waals surface area contributed by atoms with Crippen LogP contribution in [0.25, 0.3) is 11.1 Å². The highest BCUT2D eigenvalue weighted by Gasteiger charge is 2.15. The van der Waals surface area contributed by atoms with Crippen molar-refractivity contribution < 1.29 is 17.6 Å². The molecule has 2 rings (SSSR count). The second-order valence-electron chi connectivity index (χ2n) is 3.45. The maximum atomic E-state index is 13.5. The van der Waals surface area contributed by atoms with E-state index in [1.165, 1.54) is 12.1 Å². The van der Waals surface area contributed by atoms with Gasteiger partial charge in [0.25, 0.3) is 0 Å². The fourth-order valence-corrected chi connectivity index (χ4v) is 1.51. The number of nitrogens with two attached hydrogens (primary N) is 1. The molecule has 17 heavy (non-hydrogen) atoms. The number of hydrogen-bond acceptors (Lipinski definition) is 1. The van der Waals surface area contributed by atoms with Crippen LogP contribution < -0.4 is 5.73 Å². The number of hydrogen-bond donors (Lipinski definition) is 1. The molecule has 2 N–H and O–H groups in total. The van der Waals surface area contributed by atoms with Gasteiger partial charge in [-0.25, -0.2) is 17.6 Å². The van der Waals surface area contributed by atoms with Gasteiger partial charge in [0.2, 0.25) is 0 Å². The molecular formula is C12H7F4N. The van der Waals surface area contributed by atoms with Crippen LogP contribution in [0.15, 0.2) is 30.3 Å². The average molecular weight is 241 g/mol. The summed E-state index contributed by atoms with van der Waals surface area (Å²) in [6, 6.07) is 4.89. The fraction of sp³-hybridized carbons (Fsp3) is 0. The number of anilines is 1. The highest BCUT2D eigenvalue weighted by molar-refractivity contribution is 5.76. The largest absolute Gasteiger partial charge is 0.398 e. The maximum Gasteiger partial charge on any atom is 0.166 e. The minimum atomic E-state index is -1.17. The molecule has 0 saturated carbocycles. The third-order valence-electron chi connectivity index (χ3n) is 2.33. The zero-order valence-corrected chi connectivity index (χ0v) is 8.48. The molecule has 5 heteroatoms. The molecule has 0 fully saturated rings. The van der Waals surface area contributed by atoms with Crippen molar-refractivity contribution in [2.75, 3.05) is 5.73 Å². The van der Waals surface area contributed by atoms with Crippen molar-refractivity contribution in [3.05, 3.63) is 53.6 Å². The van der Waals surface area contributed by atoms with Gasteiger partial charge in [-0.2, -0.15) is 0 Å². The number of halogens is 4. The van der Waals surface area contributed by atoms with Crippen LogP contribution in [0.2, 0.25) is 0 Å². The minimum absolute atomic E-state index is 0.0825. The SMILES string of the molecule is Nc1cc(F)c(F)cc1-c1cccc(F)c1F. The Labute approximate surface area is 94.5 Å². The molecule has 0 aromatic heterocycles. The van der Waals surface area contributed by atoms with Crippen molar-refractivity contribution in [1.29, 1.82) is 0 Å². The Morgan fingerprint density at radius 2 is 1.41 bits per heavy atom. The normalized spacial score (nSPS) is 10.6. The van der Waals surface area contributed by atoms with Crippen molar-refractivity contribution in [3.63, 3.8) is 0 Å². The van der Waals surface area contributed by atoms with Crippen LogP contribution in [-0.2, 0) is 0 Å². The summed E-state index contributed by atoms with van der Waals surface area (Å²) in [4.78, 5) is 0. The van der Waals surface area contributed by atoms with Gasteiger partial charge in [0.05, 0.1) is 0 Å². The van der Waals surface area contributed by atoms with Crippen molar-refractivity contribution >= 4 is 5.69 Å². The minimum Gasteiger partial charge on any atom is -0.398 e. The first kappa shape index (κ1) is 11.4. The van der Waals surface area contributed by atoms with Crippen molar-refractivity contribution in [2.45, 2.75) is 0 Å². The fourth-order valence-electron chi connectivity index (χ4n) is 1.51. The van der Waals surface area contributed by atoms with E-state index >= 15 is 0 Å². The van der Waals surface area contributed by atoms with Crippen molar-refractivity contribution in [1.82, 2.24) is 0 Å². The van der Waals surface area contributed by atoms with E-state index in [2.05, 4.69) is 0 Å². The Morgan fingerprint density at radius 1 is 0.765 bits per heavy atom. The first-order valence-electron chi connectivity index (χ1n) is 4.69. The maximum absolute atomic E-state index is 13.5. The molecule has 2 aromatic rings. The third kappa shape index (κ3) is 1.95. The quantitative estimate of drug-likeness (QED) is 0.600. The molecule has 0 aliphatic heterocycles. The molecular weight excluding hydrogens is 234 g/mol. The zero-order chi connectivity index (χ0) is 12.6. The average Bonchev–Trinajstić information content (AvgIpc) is 2.28. The van der Waals surface area contributed by atoms with E-state index in [4.69, 9.17) is 5.73 Å². The molecule has 0 saturated heterocycles. The van der Waals surface area contributed by atoms with Crippen LogP contribution in [0.3, 0.4) is 0 Å². The highest BCUT2D eigenvalue weighted by atomic mass is 19.2. The van der Waals surface area contributed by atoms with Crippen LogP contribution in [0, 0.1) is 23.3 Å². The van der Waals surface area contributed by atoms with E-state index in [1.54, 1.807) is 0 Å². The van der Waals surface area contributed by atoms with E-state index in [9.17, 15) is 17.6 Å². The molecule has 0 heterocycles. The summed E-state index contributed by atoms with van der Waals surface area (Å²) in [5.74, 6) is -4.53. The molecule has 0 radical (unpaired) electrons. The molecule has 2 aromatic carbocycles. The summed E-state index contributed by atoms with van der Waals surface area (Å²) < 4.78 is 52.3. The lowest BCUT2D eigenvalue weighted by atomic mass is 10.0. The Morgan fingerprint density at radius 3 is 2.12 bits per heavy atom. The predicted molar refractivity (Wildman–Crippen MR) is 56.1 cm³/mol. The first-order chi connectivity index (χ1) is 8.00. The van der Waals surface area contributed by atoms with Crippen LogP contribution in [-0.4, -0.2) is 0 Å². The summed E-state index contributed by atoms with van der Waals surface area (Å²) in [7, 11) is 0. The van der Waals surface area contributed by atoms with Gasteiger partial charge in [0.15, 0.2) is 23.3 Å². The molecule has 1 nitrogen and oxygen atoms in total. The van der Waals surface area contributed by atoms with E-state index in [-0.39, 0.29) is 16.8 Å². The predicted octanol–water partition coefficient (Wildman–Crippen LogP) is 3.49. The van der Waals surface area contributed by atoms with Gasteiger partial charge in [0.1, 0.15) is 0 Å². The highest BCUT2D eigenvalue weighted by Crippen LogP contribution is 2.30. The van der Waals surface area contributed by atoms with E-state index in [1.807, 2.05) is 0 Å². The smallest absolute Gasteiger partial charge is 0.166 e. The second-order valence-corrected chi connectivity index (χ2v) is 3.45. The van der Waals surface area contributed by atoms with Crippen molar-refractivity contribution in [2.24, 2.45) is 0 Å². The van der Waals surface area contributed by atoms with Gasteiger partial charge in [-0.1, -0.05) is 12.1 Å². The Hall–Kier alpha value is -2.04. The van der Waals surface area contributed by atoms with Gasteiger partial charge >= 0.3 is 0 Å². The van der Waals surface area contributed by atoms with Gasteiger partial charge in [-0.15, -0.1) is 0 Å². The molecule has 0 unspecified atom stereocenters. The lowest BCUT2D eigenvalue weighted by Crippen LogP contribution is -1.97. The van der Waals surface area contributed by atoms with Crippen LogP contribution >= 0.6 is 0 Å². The van der Waals surface area contributed by atoms with Crippen LogP contribution in [0.5, 0.6) is 0 Å². The third-order valence-corrected chi connectivity index (χ3v) is 2.33. The molecule has 88 valence electrons. The van der Waals surface area contributed by atoms with Crippen LogP contribution in [0.1, 0.15) is 0 Å². The Kier molecular flexibility index (Phi) is 2.75. The topological polar surface area (TPSA) is 26.0 Å². The van der Waals surface area contributed by atoms with E-state index < -0.39 is 23.3 Å². The molecule has 0 aliphatic carbocycles. The molecule has 0 aliphatic rings. The summed E-state index contributed by atoms with van der Waals surface area (Å²) in [5, 5.41) is 0. The van der Waals surface area contributed by atoms with Gasteiger partial charge in [-0.05, 0) is 12.1 Å². The first-order valence-corrected chi connectivity index (χ1v) is 4.69. The molecule has 0 spiro atoms. The van der Waals surface area contributed by atoms with E-state index in [0.29, 0.717) is 0 Å². The number of benzene rings is 2. The Balaban J connectivity index is 2.69. The van der Waals surface area contributed by atoms with Gasteiger partial charge in [-0.3, -0.25) is 0 Å². The van der Waals surface area contributed by atoms with E-state index in [0.717, 1.165) is 18.2 Å². The Bertz CT molecular complexity index is 581. The number of rotatable bonds is 1. The van der Waals surface area contributed by atoms with Crippen molar-refractivity contribution in [3.8, 4) is 11.1 Å². The van der Waals surface area contributed by atoms with Gasteiger partial charge < -0.3 is 5.73 Å². The summed E-state index contributed by atoms with van der Waals surface area (Å²) in [6.07, 6.45) is 0. The zero-order valence-electron chi connectivity index (χ0n) is 8.48. The molecule has 0 amide bonds.